The van der Waals surface area contributed by atoms with Gasteiger partial charge in [-0.25, -0.2) is 21.6 Å². The molecule has 1 N–H and O–H groups in total. The molecule has 1 aromatic rings. The lowest BCUT2D eigenvalue weighted by atomic mass is 10.2. The van der Waals surface area contributed by atoms with Crippen molar-refractivity contribution in [3.8, 4) is 0 Å². The third-order valence-electron chi connectivity index (χ3n) is 2.97. The van der Waals surface area contributed by atoms with Crippen molar-refractivity contribution in [2.75, 3.05) is 11.5 Å². The molecule has 0 saturated carbocycles. The van der Waals surface area contributed by atoms with Gasteiger partial charge in [0.25, 0.3) is 0 Å². The van der Waals surface area contributed by atoms with Crippen LogP contribution in [0.2, 0.25) is 0 Å². The highest BCUT2D eigenvalue weighted by atomic mass is 35.5. The zero-order chi connectivity index (χ0) is 14.3. The summed E-state index contributed by atoms with van der Waals surface area (Å²) in [7, 11) is -7.02. The van der Waals surface area contributed by atoms with Gasteiger partial charge in [0, 0.05) is 0 Å². The lowest BCUT2D eigenvalue weighted by Gasteiger charge is -2.15. The number of sulfone groups is 1. The van der Waals surface area contributed by atoms with Crippen molar-refractivity contribution in [2.24, 2.45) is 0 Å². The Morgan fingerprint density at radius 1 is 1.26 bits per heavy atom. The maximum atomic E-state index is 12.2. The number of rotatable bonds is 3. The van der Waals surface area contributed by atoms with Crippen LogP contribution in [0.3, 0.4) is 0 Å². The smallest absolute Gasteiger partial charge is 0.229 e. The number of nitrogens with one attached hydrogen (secondary N) is 1. The van der Waals surface area contributed by atoms with Crippen molar-refractivity contribution >= 4 is 31.5 Å². The summed E-state index contributed by atoms with van der Waals surface area (Å²) < 4.78 is 49.6. The third-order valence-corrected chi connectivity index (χ3v) is 7.00. The Bertz CT molecular complexity index is 684. The maximum Gasteiger partial charge on any atom is 0.241 e. The van der Waals surface area contributed by atoms with Crippen LogP contribution in [-0.2, 0) is 19.9 Å². The fourth-order valence-electron chi connectivity index (χ4n) is 2.03. The second-order valence-electron chi connectivity index (χ2n) is 4.59. The van der Waals surface area contributed by atoms with E-state index in [0.717, 1.165) is 0 Å². The molecule has 2 rings (SSSR count). The largest absolute Gasteiger partial charge is 0.241 e. The van der Waals surface area contributed by atoms with Crippen molar-refractivity contribution in [2.45, 2.75) is 23.2 Å². The maximum absolute atomic E-state index is 12.2. The molecule has 19 heavy (non-hydrogen) atoms. The van der Waals surface area contributed by atoms with Gasteiger partial charge in [-0.15, -0.1) is 11.6 Å². The van der Waals surface area contributed by atoms with Gasteiger partial charge in [0.15, 0.2) is 9.84 Å². The predicted octanol–water partition coefficient (Wildman–Crippen LogP) is 0.678. The molecule has 2 atom stereocenters. The molecule has 1 saturated heterocycles. The number of alkyl halides is 1. The van der Waals surface area contributed by atoms with Crippen molar-refractivity contribution in [1.29, 1.82) is 0 Å². The molecule has 0 bridgehead atoms. The minimum absolute atomic E-state index is 0.142. The zero-order valence-corrected chi connectivity index (χ0v) is 12.6. The Morgan fingerprint density at radius 3 is 2.42 bits per heavy atom. The van der Waals surface area contributed by atoms with E-state index in [-0.39, 0.29) is 16.4 Å². The van der Waals surface area contributed by atoms with Crippen LogP contribution >= 0.6 is 11.6 Å². The summed E-state index contributed by atoms with van der Waals surface area (Å²) in [4.78, 5) is 0.142. The first-order chi connectivity index (χ1) is 8.71. The Hall–Kier alpha value is -0.630. The van der Waals surface area contributed by atoms with Crippen molar-refractivity contribution < 1.29 is 16.8 Å². The summed E-state index contributed by atoms with van der Waals surface area (Å²) in [6, 6.07) is 5.73. The number of hydrogen-bond donors (Lipinski definition) is 1. The van der Waals surface area contributed by atoms with E-state index in [2.05, 4.69) is 4.72 Å². The Kier molecular flexibility index (Phi) is 3.92. The fourth-order valence-corrected chi connectivity index (χ4v) is 6.29. The molecule has 0 spiro atoms. The van der Waals surface area contributed by atoms with Crippen LogP contribution in [0.15, 0.2) is 29.2 Å². The Labute approximate surface area is 117 Å². The van der Waals surface area contributed by atoms with Crippen LogP contribution < -0.4 is 4.72 Å². The van der Waals surface area contributed by atoms with Crippen molar-refractivity contribution in [3.05, 3.63) is 29.8 Å². The van der Waals surface area contributed by atoms with Crippen LogP contribution in [0, 0.1) is 6.92 Å². The van der Waals surface area contributed by atoms with Crippen LogP contribution in [0.4, 0.5) is 0 Å². The third kappa shape index (κ3) is 3.28. The molecule has 1 aromatic carbocycles. The minimum Gasteiger partial charge on any atom is -0.229 e. The normalized spacial score (nSPS) is 26.4. The van der Waals surface area contributed by atoms with E-state index in [0.29, 0.717) is 5.56 Å². The first-order valence-electron chi connectivity index (χ1n) is 5.64. The standard InChI is InChI=1S/C11H14ClNO4S2/c1-8-4-2-3-5-11(8)19(16,17)13-10-7-18(14,15)6-9(10)12/h2-5,9-10,13H,6-7H2,1H3. The number of sulfonamides is 1. The topological polar surface area (TPSA) is 80.3 Å². The van der Waals surface area contributed by atoms with Crippen LogP contribution in [0.25, 0.3) is 0 Å². The summed E-state index contributed by atoms with van der Waals surface area (Å²) in [5.41, 5.74) is 0.599. The summed E-state index contributed by atoms with van der Waals surface area (Å²) >= 11 is 5.89. The first-order valence-corrected chi connectivity index (χ1v) is 9.38. The highest BCUT2D eigenvalue weighted by molar-refractivity contribution is 7.92. The van der Waals surface area contributed by atoms with Gasteiger partial charge < -0.3 is 0 Å². The monoisotopic (exact) mass is 323 g/mol. The second kappa shape index (κ2) is 5.05. The molecule has 8 heteroatoms. The van der Waals surface area contributed by atoms with Gasteiger partial charge in [-0.1, -0.05) is 18.2 Å². The van der Waals surface area contributed by atoms with E-state index >= 15 is 0 Å². The van der Waals surface area contributed by atoms with E-state index < -0.39 is 31.3 Å². The highest BCUT2D eigenvalue weighted by Gasteiger charge is 2.39. The molecule has 2 unspecified atom stereocenters. The molecule has 0 aliphatic carbocycles. The van der Waals surface area contributed by atoms with Gasteiger partial charge in [0.05, 0.1) is 27.8 Å². The van der Waals surface area contributed by atoms with E-state index in [4.69, 9.17) is 11.6 Å². The van der Waals surface area contributed by atoms with Gasteiger partial charge in [0.1, 0.15) is 0 Å². The average molecular weight is 324 g/mol. The molecular weight excluding hydrogens is 310 g/mol. The average Bonchev–Trinajstić information content (AvgIpc) is 2.51. The van der Waals surface area contributed by atoms with E-state index in [9.17, 15) is 16.8 Å². The number of benzene rings is 1. The van der Waals surface area contributed by atoms with E-state index in [1.54, 1.807) is 25.1 Å². The molecule has 1 aliphatic heterocycles. The number of hydrogen-bond acceptors (Lipinski definition) is 4. The van der Waals surface area contributed by atoms with Gasteiger partial charge in [0.2, 0.25) is 10.0 Å². The van der Waals surface area contributed by atoms with E-state index in [1.165, 1.54) is 6.07 Å². The molecule has 1 heterocycles. The summed E-state index contributed by atoms with van der Waals surface area (Å²) in [5.74, 6) is -0.457. The molecule has 1 fully saturated rings. The SMILES string of the molecule is Cc1ccccc1S(=O)(=O)NC1CS(=O)(=O)CC1Cl. The first kappa shape index (κ1) is 14.8. The molecular formula is C11H14ClNO4S2. The second-order valence-corrected chi connectivity index (χ2v) is 8.98. The van der Waals surface area contributed by atoms with Gasteiger partial charge >= 0.3 is 0 Å². The van der Waals surface area contributed by atoms with Crippen LogP contribution in [0.1, 0.15) is 5.56 Å². The molecule has 0 radical (unpaired) electrons. The number of aryl methyl sites for hydroxylation is 1. The summed E-state index contributed by atoms with van der Waals surface area (Å²) in [6.45, 7) is 1.68. The fraction of sp³-hybridized carbons (Fsp3) is 0.455. The van der Waals surface area contributed by atoms with Crippen molar-refractivity contribution in [1.82, 2.24) is 4.72 Å². The van der Waals surface area contributed by atoms with Gasteiger partial charge in [-0.05, 0) is 18.6 Å². The molecule has 106 valence electrons. The molecule has 0 aromatic heterocycles. The molecule has 0 amide bonds. The highest BCUT2D eigenvalue weighted by Crippen LogP contribution is 2.21. The van der Waals surface area contributed by atoms with Gasteiger partial charge in [-0.3, -0.25) is 0 Å². The number of halogens is 1. The van der Waals surface area contributed by atoms with Crippen LogP contribution in [-0.4, -0.2) is 39.8 Å². The van der Waals surface area contributed by atoms with Crippen LogP contribution in [0.5, 0.6) is 0 Å². The summed E-state index contributed by atoms with van der Waals surface area (Å²) in [6.07, 6.45) is 0. The minimum atomic E-state index is -3.76. The lowest BCUT2D eigenvalue weighted by Crippen LogP contribution is -2.40. The summed E-state index contributed by atoms with van der Waals surface area (Å²) in [5, 5.41) is -0.733. The molecule has 1 aliphatic rings. The Morgan fingerprint density at radius 2 is 1.89 bits per heavy atom. The lowest BCUT2D eigenvalue weighted by molar-refractivity contribution is 0.563. The predicted molar refractivity (Wildman–Crippen MR) is 73.6 cm³/mol. The zero-order valence-electron chi connectivity index (χ0n) is 10.2. The molecule has 5 nitrogen and oxygen atoms in total. The van der Waals surface area contributed by atoms with Crippen molar-refractivity contribution in [3.63, 3.8) is 0 Å². The Balaban J connectivity index is 2.27. The van der Waals surface area contributed by atoms with E-state index in [1.807, 2.05) is 0 Å². The van der Waals surface area contributed by atoms with Gasteiger partial charge in [-0.2, -0.15) is 0 Å². The quantitative estimate of drug-likeness (QED) is 0.829.